The van der Waals surface area contributed by atoms with Crippen LogP contribution in [-0.4, -0.2) is 54.3 Å². The molecule has 0 aliphatic heterocycles. The second-order valence-electron chi connectivity index (χ2n) is 3.43. The predicted octanol–water partition coefficient (Wildman–Crippen LogP) is 0.461. The van der Waals surface area contributed by atoms with Crippen molar-refractivity contribution >= 4 is 7.60 Å². The Morgan fingerprint density at radius 1 is 1.21 bits per heavy atom. The largest absolute Gasteiger partial charge is 0.401 e. The fraction of sp³-hybridized carbons (Fsp3) is 0.667. The van der Waals surface area contributed by atoms with Gasteiger partial charge in [-0.05, 0) is 19.8 Å². The number of aliphatic hydroxyl groups is 2. The Kier molecular flexibility index (Phi) is 10.3. The van der Waals surface area contributed by atoms with E-state index in [2.05, 4.69) is 23.9 Å². The van der Waals surface area contributed by atoms with Gasteiger partial charge in [0.05, 0.1) is 19.8 Å². The minimum absolute atomic E-state index is 0.0454. The molecule has 19 heavy (non-hydrogen) atoms. The van der Waals surface area contributed by atoms with E-state index in [-0.39, 0.29) is 39.2 Å². The Labute approximate surface area is 114 Å². The average Bonchev–Trinajstić information content (AvgIpc) is 2.36. The highest BCUT2D eigenvalue weighted by molar-refractivity contribution is 7.53. The highest BCUT2D eigenvalue weighted by atomic mass is 31.2. The first-order chi connectivity index (χ1) is 9.11. The van der Waals surface area contributed by atoms with Crippen LogP contribution in [0.25, 0.3) is 0 Å². The zero-order valence-electron chi connectivity index (χ0n) is 11.3. The number of hydrogen-bond acceptors (Lipinski definition) is 6. The van der Waals surface area contributed by atoms with Gasteiger partial charge in [-0.25, -0.2) is 4.57 Å². The van der Waals surface area contributed by atoms with Crippen molar-refractivity contribution < 1.29 is 23.8 Å². The van der Waals surface area contributed by atoms with E-state index in [0.29, 0.717) is 0 Å². The number of rotatable bonds is 9. The maximum absolute atomic E-state index is 12.3. The summed E-state index contributed by atoms with van der Waals surface area (Å²) in [6.45, 7) is 3.84. The molecule has 0 spiro atoms. The monoisotopic (exact) mass is 289 g/mol. The fourth-order valence-electron chi connectivity index (χ4n) is 1.25. The third kappa shape index (κ3) is 8.67. The lowest BCUT2D eigenvalue weighted by Gasteiger charge is -2.24. The zero-order chi connectivity index (χ0) is 14.6. The molecular formula is C12H20NO5P. The van der Waals surface area contributed by atoms with Crippen molar-refractivity contribution in [3.8, 4) is 23.9 Å². The predicted molar refractivity (Wildman–Crippen MR) is 72.2 cm³/mol. The Hall–Kier alpha value is -1.01. The van der Waals surface area contributed by atoms with E-state index in [0.717, 1.165) is 0 Å². The lowest BCUT2D eigenvalue weighted by atomic mass is 10.5. The van der Waals surface area contributed by atoms with Gasteiger partial charge in [0.2, 0.25) is 0 Å². The van der Waals surface area contributed by atoms with E-state index in [9.17, 15) is 4.57 Å². The molecule has 0 aliphatic rings. The van der Waals surface area contributed by atoms with Crippen molar-refractivity contribution in [2.45, 2.75) is 13.8 Å². The van der Waals surface area contributed by atoms with Gasteiger partial charge in [0.1, 0.15) is 12.4 Å². The smallest absolute Gasteiger partial charge is 0.395 e. The highest BCUT2D eigenvalue weighted by Crippen LogP contribution is 2.48. The Morgan fingerprint density at radius 3 is 2.32 bits per heavy atom. The summed E-state index contributed by atoms with van der Waals surface area (Å²) in [5.74, 6) is 7.40. The third-order valence-electron chi connectivity index (χ3n) is 1.95. The molecule has 0 aromatic carbocycles. The molecule has 0 heterocycles. The molecule has 0 rings (SSSR count). The standard InChI is InChI=1S/C12H20NO5P/c1-3-5-6-11-18-19(16,17-4-2)12-13(7-9-14)8-10-15/h14-15H,4,7-10,12H2,1-2H3. The van der Waals surface area contributed by atoms with Crippen molar-refractivity contribution in [2.24, 2.45) is 0 Å². The molecule has 2 N–H and O–H groups in total. The maximum atomic E-state index is 12.3. The van der Waals surface area contributed by atoms with Gasteiger partial charge in [-0.1, -0.05) is 5.92 Å². The first-order valence-electron chi connectivity index (χ1n) is 5.89. The molecule has 6 nitrogen and oxygen atoms in total. The van der Waals surface area contributed by atoms with Gasteiger partial charge < -0.3 is 14.7 Å². The second-order valence-corrected chi connectivity index (χ2v) is 5.37. The Bertz CT molecular complexity index is 398. The van der Waals surface area contributed by atoms with Crippen LogP contribution in [0.4, 0.5) is 0 Å². The molecule has 0 saturated carbocycles. The van der Waals surface area contributed by atoms with E-state index < -0.39 is 7.60 Å². The summed E-state index contributed by atoms with van der Waals surface area (Å²) in [5.41, 5.74) is 0. The van der Waals surface area contributed by atoms with Gasteiger partial charge in [0.15, 0.2) is 0 Å². The summed E-state index contributed by atoms with van der Waals surface area (Å²) >= 11 is 0. The van der Waals surface area contributed by atoms with Crippen LogP contribution >= 0.6 is 7.60 Å². The lowest BCUT2D eigenvalue weighted by molar-refractivity contribution is 0.164. The summed E-state index contributed by atoms with van der Waals surface area (Å²) in [6.07, 6.45) is 2.19. The van der Waals surface area contributed by atoms with Crippen molar-refractivity contribution in [1.29, 1.82) is 0 Å². The third-order valence-corrected chi connectivity index (χ3v) is 3.72. The summed E-state index contributed by atoms with van der Waals surface area (Å²) in [6, 6.07) is 0. The van der Waals surface area contributed by atoms with Gasteiger partial charge in [-0.3, -0.25) is 9.42 Å². The zero-order valence-corrected chi connectivity index (χ0v) is 12.2. The molecule has 0 fully saturated rings. The van der Waals surface area contributed by atoms with Crippen molar-refractivity contribution in [3.63, 3.8) is 0 Å². The van der Waals surface area contributed by atoms with Crippen LogP contribution in [0.2, 0.25) is 0 Å². The number of nitrogens with zero attached hydrogens (tertiary/aromatic N) is 1. The van der Waals surface area contributed by atoms with Gasteiger partial charge in [-0.2, -0.15) is 0 Å². The minimum atomic E-state index is -3.41. The van der Waals surface area contributed by atoms with Crippen LogP contribution in [-0.2, 0) is 13.6 Å². The molecule has 0 amide bonds. The second kappa shape index (κ2) is 10.9. The molecule has 7 heteroatoms. The van der Waals surface area contributed by atoms with E-state index in [4.69, 9.17) is 19.3 Å². The highest BCUT2D eigenvalue weighted by Gasteiger charge is 2.28. The molecule has 0 saturated heterocycles. The summed E-state index contributed by atoms with van der Waals surface area (Å²) in [5, 5.41) is 17.8. The molecule has 1 atom stereocenters. The van der Waals surface area contributed by atoms with Crippen LogP contribution in [0.3, 0.4) is 0 Å². The fourth-order valence-corrected chi connectivity index (χ4v) is 2.80. The van der Waals surface area contributed by atoms with E-state index in [1.807, 2.05) is 0 Å². The summed E-state index contributed by atoms with van der Waals surface area (Å²) < 4.78 is 22.4. The topological polar surface area (TPSA) is 79.2 Å². The van der Waals surface area contributed by atoms with Crippen molar-refractivity contribution in [1.82, 2.24) is 4.90 Å². The van der Waals surface area contributed by atoms with Gasteiger partial charge in [0.25, 0.3) is 0 Å². The first kappa shape index (κ1) is 18.0. The number of aliphatic hydroxyl groups excluding tert-OH is 2. The molecule has 0 aromatic heterocycles. The number of hydrogen-bond donors (Lipinski definition) is 2. The molecule has 1 unspecified atom stereocenters. The van der Waals surface area contributed by atoms with E-state index >= 15 is 0 Å². The maximum Gasteiger partial charge on any atom is 0.401 e. The molecular weight excluding hydrogens is 269 g/mol. The molecule has 0 bridgehead atoms. The Morgan fingerprint density at radius 2 is 1.84 bits per heavy atom. The van der Waals surface area contributed by atoms with Gasteiger partial charge in [0, 0.05) is 19.0 Å². The van der Waals surface area contributed by atoms with Crippen LogP contribution in [0, 0.1) is 23.9 Å². The van der Waals surface area contributed by atoms with Crippen molar-refractivity contribution in [3.05, 3.63) is 0 Å². The molecule has 0 aromatic rings. The van der Waals surface area contributed by atoms with Gasteiger partial charge >= 0.3 is 7.60 Å². The van der Waals surface area contributed by atoms with E-state index in [1.165, 1.54) is 0 Å². The first-order valence-corrected chi connectivity index (χ1v) is 7.62. The lowest BCUT2D eigenvalue weighted by Crippen LogP contribution is -2.31. The molecule has 0 radical (unpaired) electrons. The minimum Gasteiger partial charge on any atom is -0.395 e. The Balaban J connectivity index is 4.69. The molecule has 0 aliphatic carbocycles. The summed E-state index contributed by atoms with van der Waals surface area (Å²) in [7, 11) is -3.41. The normalized spacial score (nSPS) is 12.9. The van der Waals surface area contributed by atoms with Crippen LogP contribution in [0.5, 0.6) is 0 Å². The van der Waals surface area contributed by atoms with Crippen molar-refractivity contribution in [2.75, 3.05) is 39.2 Å². The van der Waals surface area contributed by atoms with E-state index in [1.54, 1.807) is 18.7 Å². The van der Waals surface area contributed by atoms with Crippen LogP contribution < -0.4 is 0 Å². The van der Waals surface area contributed by atoms with Gasteiger partial charge in [-0.15, -0.1) is 0 Å². The quantitative estimate of drug-likeness (QED) is 0.474. The SMILES string of the molecule is CC#CC#COP(=O)(CN(CCO)CCO)OCC. The molecule has 108 valence electrons. The van der Waals surface area contributed by atoms with Crippen LogP contribution in [0.15, 0.2) is 0 Å². The average molecular weight is 289 g/mol. The summed E-state index contributed by atoms with van der Waals surface area (Å²) in [4.78, 5) is 1.59. The van der Waals surface area contributed by atoms with Crippen LogP contribution in [0.1, 0.15) is 13.8 Å².